The smallest absolute Gasteiger partial charge is 0.417 e. The van der Waals surface area contributed by atoms with Crippen LogP contribution in [0.25, 0.3) is 11.1 Å². The highest BCUT2D eigenvalue weighted by atomic mass is 35.5. The largest absolute Gasteiger partial charge is 0.444 e. The summed E-state index contributed by atoms with van der Waals surface area (Å²) < 4.78 is 43.9. The summed E-state index contributed by atoms with van der Waals surface area (Å²) in [5, 5.41) is 1.84. The van der Waals surface area contributed by atoms with E-state index >= 15 is 0 Å². The van der Waals surface area contributed by atoms with Gasteiger partial charge in [-0.2, -0.15) is 13.2 Å². The molecule has 0 fully saturated rings. The Bertz CT molecular complexity index is 1080. The third-order valence-corrected chi connectivity index (χ3v) is 4.68. The molecule has 0 saturated heterocycles. The van der Waals surface area contributed by atoms with E-state index in [9.17, 15) is 18.0 Å². The van der Waals surface area contributed by atoms with Crippen LogP contribution in [-0.4, -0.2) is 11.1 Å². The van der Waals surface area contributed by atoms with Crippen molar-refractivity contribution in [1.82, 2.24) is 4.98 Å². The minimum atomic E-state index is -4.62. The minimum absolute atomic E-state index is 0.0439. The highest BCUT2D eigenvalue weighted by Gasteiger charge is 2.33. The van der Waals surface area contributed by atoms with Crippen LogP contribution in [0.3, 0.4) is 0 Å². The Morgan fingerprint density at radius 1 is 1.10 bits per heavy atom. The molecule has 1 heterocycles. The predicted octanol–water partition coefficient (Wildman–Crippen LogP) is 6.79. The fourth-order valence-electron chi connectivity index (χ4n) is 2.94. The van der Waals surface area contributed by atoms with Gasteiger partial charge in [-0.1, -0.05) is 35.9 Å². The molecular formula is C22H18ClF3N2O2. The van der Waals surface area contributed by atoms with E-state index in [0.29, 0.717) is 0 Å². The lowest BCUT2D eigenvalue weighted by Gasteiger charge is -2.12. The number of hydrogen-bond donors (Lipinski definition) is 1. The first-order valence-corrected chi connectivity index (χ1v) is 9.35. The van der Waals surface area contributed by atoms with Gasteiger partial charge in [-0.3, -0.25) is 10.3 Å². The number of carbonyl (C=O) groups is 1. The lowest BCUT2D eigenvalue weighted by atomic mass is 10.0. The molecular weight excluding hydrogens is 417 g/mol. The maximum absolute atomic E-state index is 12.9. The molecule has 0 aliphatic heterocycles. The molecule has 3 aromatic rings. The number of ether oxygens (including phenoxy) is 1. The molecule has 1 aromatic heterocycles. The summed E-state index contributed by atoms with van der Waals surface area (Å²) in [4.78, 5) is 16.5. The van der Waals surface area contributed by atoms with Crippen molar-refractivity contribution in [3.05, 3.63) is 82.1 Å². The number of aryl methyl sites for hydroxylation is 2. The monoisotopic (exact) mass is 434 g/mol. The number of carbonyl (C=O) groups excluding carboxylic acids is 1. The number of hydrogen-bond acceptors (Lipinski definition) is 3. The van der Waals surface area contributed by atoms with Crippen molar-refractivity contribution in [2.45, 2.75) is 26.6 Å². The quantitative estimate of drug-likeness (QED) is 0.492. The summed E-state index contributed by atoms with van der Waals surface area (Å²) in [5.41, 5.74) is 3.33. The molecule has 4 nitrogen and oxygen atoms in total. The Morgan fingerprint density at radius 2 is 1.87 bits per heavy atom. The first kappa shape index (κ1) is 21.6. The molecule has 0 saturated carbocycles. The molecule has 156 valence electrons. The summed E-state index contributed by atoms with van der Waals surface area (Å²) >= 11 is 5.58. The number of nitrogens with zero attached hydrogens (tertiary/aromatic N) is 1. The molecule has 0 aliphatic rings. The van der Waals surface area contributed by atoms with Crippen LogP contribution in [0.2, 0.25) is 5.02 Å². The van der Waals surface area contributed by atoms with Crippen molar-refractivity contribution in [3.8, 4) is 11.1 Å². The molecule has 0 bridgehead atoms. The molecule has 1 N–H and O–H groups in total. The second-order valence-corrected chi connectivity index (χ2v) is 7.09. The van der Waals surface area contributed by atoms with E-state index in [1.165, 1.54) is 6.07 Å². The fourth-order valence-corrected chi connectivity index (χ4v) is 3.17. The lowest BCUT2D eigenvalue weighted by molar-refractivity contribution is -0.137. The summed E-state index contributed by atoms with van der Waals surface area (Å²) in [6.07, 6.45) is -5.49. The van der Waals surface area contributed by atoms with Gasteiger partial charge in [-0.25, -0.2) is 4.79 Å². The van der Waals surface area contributed by atoms with Crippen LogP contribution >= 0.6 is 11.6 Å². The molecule has 1 amide bonds. The van der Waals surface area contributed by atoms with Gasteiger partial charge < -0.3 is 4.74 Å². The normalized spacial score (nSPS) is 11.3. The van der Waals surface area contributed by atoms with E-state index in [-0.39, 0.29) is 12.3 Å². The van der Waals surface area contributed by atoms with Gasteiger partial charge in [0.1, 0.15) is 6.61 Å². The molecule has 8 heteroatoms. The molecule has 0 spiro atoms. The van der Waals surface area contributed by atoms with Crippen LogP contribution in [0.15, 0.2) is 54.6 Å². The topological polar surface area (TPSA) is 51.2 Å². The number of rotatable bonds is 4. The lowest BCUT2D eigenvalue weighted by Crippen LogP contribution is -2.14. The van der Waals surface area contributed by atoms with E-state index in [1.807, 2.05) is 44.2 Å². The number of pyridine rings is 1. The van der Waals surface area contributed by atoms with Gasteiger partial charge in [0.25, 0.3) is 0 Å². The summed E-state index contributed by atoms with van der Waals surface area (Å²) in [6.45, 7) is 3.79. The third-order valence-electron chi connectivity index (χ3n) is 4.35. The van der Waals surface area contributed by atoms with E-state index in [0.717, 1.165) is 40.2 Å². The molecule has 2 aromatic carbocycles. The van der Waals surface area contributed by atoms with Gasteiger partial charge in [0.2, 0.25) is 0 Å². The van der Waals surface area contributed by atoms with Crippen LogP contribution in [0, 0.1) is 13.8 Å². The number of nitrogens with one attached hydrogen (secondary N) is 1. The van der Waals surface area contributed by atoms with E-state index in [2.05, 4.69) is 10.3 Å². The minimum Gasteiger partial charge on any atom is -0.444 e. The van der Waals surface area contributed by atoms with E-state index in [1.54, 1.807) is 6.07 Å². The Labute approximate surface area is 176 Å². The van der Waals surface area contributed by atoms with Gasteiger partial charge in [0.15, 0.2) is 0 Å². The maximum atomic E-state index is 12.9. The number of anilines is 1. The molecule has 3 rings (SSSR count). The fraction of sp³-hybridized carbons (Fsp3) is 0.182. The Hall–Kier alpha value is -3.06. The zero-order valence-corrected chi connectivity index (χ0v) is 16.9. The Morgan fingerprint density at radius 3 is 2.57 bits per heavy atom. The van der Waals surface area contributed by atoms with Gasteiger partial charge >= 0.3 is 12.3 Å². The molecule has 0 unspecified atom stereocenters. The number of benzene rings is 2. The summed E-state index contributed by atoms with van der Waals surface area (Å²) in [6, 6.07) is 14.4. The van der Waals surface area contributed by atoms with E-state index < -0.39 is 22.9 Å². The number of alkyl halides is 3. The van der Waals surface area contributed by atoms with Crippen LogP contribution in [0.5, 0.6) is 0 Å². The van der Waals surface area contributed by atoms with Crippen LogP contribution in [0.1, 0.15) is 22.5 Å². The standard InChI is InChI=1S/C22H18ClF3N2O2/c1-13-6-8-18(14(2)27-13)16-5-3-4-15(10-16)12-30-21(29)28-17-7-9-20(23)19(11-17)22(24,25)26/h3-11H,12H2,1-2H3,(H,28,29). The van der Waals surface area contributed by atoms with Crippen molar-refractivity contribution in [1.29, 1.82) is 0 Å². The van der Waals surface area contributed by atoms with Crippen LogP contribution in [0.4, 0.5) is 23.7 Å². The molecule has 30 heavy (non-hydrogen) atoms. The second kappa shape index (κ2) is 8.75. The third kappa shape index (κ3) is 5.30. The average Bonchev–Trinajstić information content (AvgIpc) is 2.67. The first-order chi connectivity index (χ1) is 14.1. The van der Waals surface area contributed by atoms with Crippen LogP contribution in [-0.2, 0) is 17.5 Å². The predicted molar refractivity (Wildman–Crippen MR) is 109 cm³/mol. The highest BCUT2D eigenvalue weighted by Crippen LogP contribution is 2.36. The second-order valence-electron chi connectivity index (χ2n) is 6.68. The van der Waals surface area contributed by atoms with Crippen LogP contribution < -0.4 is 5.32 Å². The van der Waals surface area contributed by atoms with Crippen molar-refractivity contribution < 1.29 is 22.7 Å². The van der Waals surface area contributed by atoms with Crippen molar-refractivity contribution in [2.75, 3.05) is 5.32 Å². The number of amides is 1. The average molecular weight is 435 g/mol. The Balaban J connectivity index is 1.67. The van der Waals surface area contributed by atoms with Gasteiger partial charge in [0, 0.05) is 22.6 Å². The van der Waals surface area contributed by atoms with E-state index in [4.69, 9.17) is 16.3 Å². The first-order valence-electron chi connectivity index (χ1n) is 8.97. The molecule has 0 radical (unpaired) electrons. The molecule has 0 aliphatic carbocycles. The van der Waals surface area contributed by atoms with Gasteiger partial charge in [-0.05, 0) is 55.3 Å². The Kier molecular flexibility index (Phi) is 6.31. The van der Waals surface area contributed by atoms with Gasteiger partial charge in [-0.15, -0.1) is 0 Å². The van der Waals surface area contributed by atoms with Gasteiger partial charge in [0.05, 0.1) is 10.6 Å². The summed E-state index contributed by atoms with van der Waals surface area (Å²) in [5.74, 6) is 0. The van der Waals surface area contributed by atoms with Crippen molar-refractivity contribution in [3.63, 3.8) is 0 Å². The van der Waals surface area contributed by atoms with Crippen molar-refractivity contribution >= 4 is 23.4 Å². The maximum Gasteiger partial charge on any atom is 0.417 e. The SMILES string of the molecule is Cc1ccc(-c2cccc(COC(=O)Nc3ccc(Cl)c(C(F)(F)F)c3)c2)c(C)n1. The van der Waals surface area contributed by atoms with Crippen molar-refractivity contribution in [2.24, 2.45) is 0 Å². The zero-order valence-electron chi connectivity index (χ0n) is 16.2. The molecule has 0 atom stereocenters. The number of aromatic nitrogens is 1. The zero-order chi connectivity index (χ0) is 21.9. The summed E-state index contributed by atoms with van der Waals surface area (Å²) in [7, 11) is 0. The number of halogens is 4. The highest BCUT2D eigenvalue weighted by molar-refractivity contribution is 6.31.